The van der Waals surface area contributed by atoms with Crippen molar-refractivity contribution in [2.45, 2.75) is 51.7 Å². The second-order valence-corrected chi connectivity index (χ2v) is 13.7. The summed E-state index contributed by atoms with van der Waals surface area (Å²) < 4.78 is 11.7. The minimum absolute atomic E-state index is 0.0765. The molecular weight excluding hydrogens is 438 g/mol. The smallest absolute Gasteiger partial charge is 0.305 e. The van der Waals surface area contributed by atoms with Gasteiger partial charge in [-0.2, -0.15) is 0 Å². The van der Waals surface area contributed by atoms with Crippen LogP contribution >= 0.6 is 0 Å². The van der Waals surface area contributed by atoms with Crippen molar-refractivity contribution in [1.29, 1.82) is 0 Å². The number of esters is 1. The van der Waals surface area contributed by atoms with Gasteiger partial charge in [0.2, 0.25) is 0 Å². The summed E-state index contributed by atoms with van der Waals surface area (Å²) in [5.41, 5.74) is 1.80. The monoisotopic (exact) mass is 473 g/mol. The van der Waals surface area contributed by atoms with Crippen LogP contribution < -0.4 is 10.4 Å². The van der Waals surface area contributed by atoms with Crippen LogP contribution in [0.3, 0.4) is 0 Å². The van der Waals surface area contributed by atoms with Gasteiger partial charge in [-0.15, -0.1) is 0 Å². The molecule has 0 saturated carbocycles. The third-order valence-electron chi connectivity index (χ3n) is 5.95. The molecule has 1 aromatic heterocycles. The van der Waals surface area contributed by atoms with E-state index in [1.165, 1.54) is 17.5 Å². The van der Waals surface area contributed by atoms with Crippen molar-refractivity contribution >= 4 is 30.7 Å². The number of allylic oxidation sites excluding steroid dienone is 1. The number of carbonyl (C=O) groups is 1. The number of hydrogen-bond donors (Lipinski definition) is 0. The Morgan fingerprint density at radius 1 is 0.912 bits per heavy atom. The van der Waals surface area contributed by atoms with Crippen molar-refractivity contribution in [2.75, 3.05) is 7.11 Å². The maximum absolute atomic E-state index is 11.2. The third kappa shape index (κ3) is 6.30. The maximum atomic E-state index is 11.2. The van der Waals surface area contributed by atoms with Crippen LogP contribution in [0.1, 0.15) is 51.4 Å². The molecule has 0 atom stereocenters. The first-order chi connectivity index (χ1) is 16.4. The predicted molar refractivity (Wildman–Crippen MR) is 142 cm³/mol. The Balaban J connectivity index is 1.83. The SMILES string of the molecule is COC(=O)CCC/C=C/c1cccc(CO[Si](c2ccccc2)(c2ccccc2)C(C)(C)C)n1. The first kappa shape index (κ1) is 25.6. The van der Waals surface area contributed by atoms with Gasteiger partial charge in [0.05, 0.1) is 25.1 Å². The minimum Gasteiger partial charge on any atom is -0.469 e. The van der Waals surface area contributed by atoms with Crippen LogP contribution in [-0.2, 0) is 20.6 Å². The van der Waals surface area contributed by atoms with Gasteiger partial charge >= 0.3 is 5.97 Å². The van der Waals surface area contributed by atoms with Crippen molar-refractivity contribution in [3.63, 3.8) is 0 Å². The Morgan fingerprint density at radius 2 is 1.53 bits per heavy atom. The topological polar surface area (TPSA) is 48.4 Å². The molecule has 3 rings (SSSR count). The number of nitrogens with zero attached hydrogens (tertiary/aromatic N) is 1. The summed E-state index contributed by atoms with van der Waals surface area (Å²) in [5, 5.41) is 2.44. The number of aromatic nitrogens is 1. The highest BCUT2D eigenvalue weighted by Crippen LogP contribution is 2.37. The quantitative estimate of drug-likeness (QED) is 0.221. The molecular formula is C29H35NO3Si. The van der Waals surface area contributed by atoms with Crippen LogP contribution in [0, 0.1) is 0 Å². The lowest BCUT2D eigenvalue weighted by Gasteiger charge is -2.43. The van der Waals surface area contributed by atoms with E-state index < -0.39 is 8.32 Å². The lowest BCUT2D eigenvalue weighted by atomic mass is 10.2. The zero-order valence-corrected chi connectivity index (χ0v) is 21.7. The summed E-state index contributed by atoms with van der Waals surface area (Å²) >= 11 is 0. The van der Waals surface area contributed by atoms with Crippen LogP contribution in [-0.4, -0.2) is 26.4 Å². The van der Waals surface area contributed by atoms with Crippen LogP contribution in [0.25, 0.3) is 6.08 Å². The van der Waals surface area contributed by atoms with Crippen molar-refractivity contribution < 1.29 is 14.0 Å². The molecule has 0 aliphatic heterocycles. The average molecular weight is 474 g/mol. The van der Waals surface area contributed by atoms with Gasteiger partial charge < -0.3 is 9.16 Å². The number of carbonyl (C=O) groups excluding carboxylic acids is 1. The van der Waals surface area contributed by atoms with Crippen LogP contribution in [0.15, 0.2) is 84.9 Å². The number of benzene rings is 2. The molecule has 0 bridgehead atoms. The molecule has 0 saturated heterocycles. The summed E-state index contributed by atoms with van der Waals surface area (Å²) in [6, 6.07) is 27.3. The fourth-order valence-corrected chi connectivity index (χ4v) is 8.81. The molecule has 0 amide bonds. The molecule has 0 aliphatic rings. The van der Waals surface area contributed by atoms with Gasteiger partial charge in [0, 0.05) is 6.42 Å². The van der Waals surface area contributed by atoms with E-state index in [1.54, 1.807) is 0 Å². The first-order valence-electron chi connectivity index (χ1n) is 11.8. The lowest BCUT2D eigenvalue weighted by molar-refractivity contribution is -0.140. The number of methoxy groups -OCH3 is 1. The minimum atomic E-state index is -2.60. The predicted octanol–water partition coefficient (Wildman–Crippen LogP) is 5.51. The summed E-state index contributed by atoms with van der Waals surface area (Å²) in [6.07, 6.45) is 6.06. The summed E-state index contributed by atoms with van der Waals surface area (Å²) in [7, 11) is -1.18. The van der Waals surface area contributed by atoms with Crippen molar-refractivity contribution in [2.24, 2.45) is 0 Å². The van der Waals surface area contributed by atoms with Gasteiger partial charge in [0.15, 0.2) is 0 Å². The van der Waals surface area contributed by atoms with E-state index in [2.05, 4.69) is 92.2 Å². The number of unbranched alkanes of at least 4 members (excludes halogenated alkanes) is 1. The Labute approximate surface area is 204 Å². The average Bonchev–Trinajstić information content (AvgIpc) is 2.85. The molecule has 1 heterocycles. The lowest BCUT2D eigenvalue weighted by Crippen LogP contribution is -2.66. The molecule has 0 fully saturated rings. The molecule has 5 heteroatoms. The van der Waals surface area contributed by atoms with E-state index in [0.29, 0.717) is 13.0 Å². The fraction of sp³-hybridized carbons (Fsp3) is 0.310. The number of rotatable bonds is 10. The normalized spacial score (nSPS) is 12.1. The summed E-state index contributed by atoms with van der Waals surface area (Å²) in [6.45, 7) is 7.28. The fourth-order valence-electron chi connectivity index (χ4n) is 4.29. The Hall–Kier alpha value is -3.02. The molecule has 0 spiro atoms. The number of ether oxygens (including phenoxy) is 1. The highest BCUT2D eigenvalue weighted by Gasteiger charge is 2.50. The van der Waals surface area contributed by atoms with Crippen molar-refractivity contribution in [1.82, 2.24) is 4.98 Å². The molecule has 0 aliphatic carbocycles. The van der Waals surface area contributed by atoms with Gasteiger partial charge in [-0.3, -0.25) is 9.78 Å². The maximum Gasteiger partial charge on any atom is 0.305 e. The number of pyridine rings is 1. The molecule has 34 heavy (non-hydrogen) atoms. The Morgan fingerprint density at radius 3 is 2.09 bits per heavy atom. The van der Waals surface area contributed by atoms with Gasteiger partial charge in [-0.05, 0) is 46.5 Å². The van der Waals surface area contributed by atoms with Gasteiger partial charge in [0.25, 0.3) is 8.32 Å². The Bertz CT molecular complexity index is 1040. The van der Waals surface area contributed by atoms with Crippen molar-refractivity contribution in [3.05, 3.63) is 96.3 Å². The molecule has 178 valence electrons. The molecule has 4 nitrogen and oxygen atoms in total. The van der Waals surface area contributed by atoms with E-state index >= 15 is 0 Å². The van der Waals surface area contributed by atoms with E-state index in [0.717, 1.165) is 24.2 Å². The zero-order valence-electron chi connectivity index (χ0n) is 20.7. The molecule has 2 aromatic carbocycles. The molecule has 0 N–H and O–H groups in total. The summed E-state index contributed by atoms with van der Waals surface area (Å²) in [4.78, 5) is 16.1. The van der Waals surface area contributed by atoms with Crippen LogP contribution in [0.5, 0.6) is 0 Å². The van der Waals surface area contributed by atoms with E-state index in [1.807, 2.05) is 24.3 Å². The Kier molecular flexibility index (Phi) is 8.96. The van der Waals surface area contributed by atoms with E-state index in [4.69, 9.17) is 9.41 Å². The van der Waals surface area contributed by atoms with E-state index in [9.17, 15) is 4.79 Å². The first-order valence-corrected chi connectivity index (χ1v) is 13.7. The van der Waals surface area contributed by atoms with Gasteiger partial charge in [-0.25, -0.2) is 0 Å². The summed E-state index contributed by atoms with van der Waals surface area (Å²) in [5.74, 6) is -0.172. The molecule has 0 unspecified atom stereocenters. The number of hydrogen-bond acceptors (Lipinski definition) is 4. The van der Waals surface area contributed by atoms with Gasteiger partial charge in [0.1, 0.15) is 0 Å². The second-order valence-electron chi connectivity index (χ2n) is 9.38. The van der Waals surface area contributed by atoms with E-state index in [-0.39, 0.29) is 11.0 Å². The largest absolute Gasteiger partial charge is 0.469 e. The van der Waals surface area contributed by atoms with Crippen LogP contribution in [0.2, 0.25) is 5.04 Å². The highest BCUT2D eigenvalue weighted by atomic mass is 28.4. The zero-order chi connectivity index (χ0) is 24.4. The third-order valence-corrected chi connectivity index (χ3v) is 10.9. The molecule has 0 radical (unpaired) electrons. The molecule has 3 aromatic rings. The standard InChI is InChI=1S/C29H35NO3Si/c1-29(2,3)34(26-18-9-6-10-19-26,27-20-11-7-12-21-27)33-23-25-17-14-16-24(30-25)15-8-5-13-22-28(31)32-4/h6-12,14-21H,5,13,22-23H2,1-4H3/b15-8+. The second kappa shape index (κ2) is 11.9. The van der Waals surface area contributed by atoms with Gasteiger partial charge in [-0.1, -0.05) is 93.6 Å². The van der Waals surface area contributed by atoms with Crippen LogP contribution in [0.4, 0.5) is 0 Å². The van der Waals surface area contributed by atoms with Crippen molar-refractivity contribution in [3.8, 4) is 0 Å². The highest BCUT2D eigenvalue weighted by molar-refractivity contribution is 6.99.